The summed E-state index contributed by atoms with van der Waals surface area (Å²) in [7, 11) is 0. The Kier molecular flexibility index (Phi) is 3.78. The summed E-state index contributed by atoms with van der Waals surface area (Å²) in [6.45, 7) is 0.724. The minimum Gasteiger partial charge on any atom is -0.476 e. The average Bonchev–Trinajstić information content (AvgIpc) is 2.96. The van der Waals surface area contributed by atoms with E-state index in [0.29, 0.717) is 24.3 Å². The predicted molar refractivity (Wildman–Crippen MR) is 74.2 cm³/mol. The fraction of sp³-hybridized carbons (Fsp3) is 0.267. The Morgan fingerprint density at radius 2 is 2.09 bits per heavy atom. The van der Waals surface area contributed by atoms with Crippen molar-refractivity contribution in [2.75, 3.05) is 6.54 Å². The second-order valence-electron chi connectivity index (χ2n) is 4.95. The normalized spacial score (nSPS) is 13.5. The van der Waals surface area contributed by atoms with Crippen molar-refractivity contribution in [3.63, 3.8) is 0 Å². The first kappa shape index (κ1) is 14.1. The Bertz CT molecular complexity index is 695. The Labute approximate surface area is 126 Å². The fourth-order valence-electron chi connectivity index (χ4n) is 2.34. The molecule has 7 heteroatoms. The van der Waals surface area contributed by atoms with Gasteiger partial charge in [-0.2, -0.15) is 0 Å². The van der Waals surface area contributed by atoms with Gasteiger partial charge in [-0.15, -0.1) is 0 Å². The maximum absolute atomic E-state index is 12.1. The number of hydrogen-bond donors (Lipinski definition) is 1. The zero-order valence-corrected chi connectivity index (χ0v) is 11.7. The van der Waals surface area contributed by atoms with Gasteiger partial charge in [0.1, 0.15) is 12.4 Å². The van der Waals surface area contributed by atoms with E-state index < -0.39 is 12.1 Å². The van der Waals surface area contributed by atoms with Gasteiger partial charge in [-0.1, -0.05) is 35.5 Å². The molecule has 114 valence electrons. The first-order chi connectivity index (χ1) is 10.6. The van der Waals surface area contributed by atoms with Crippen LogP contribution < -0.4 is 0 Å². The van der Waals surface area contributed by atoms with Crippen molar-refractivity contribution >= 4 is 12.1 Å². The molecule has 7 nitrogen and oxygen atoms in total. The van der Waals surface area contributed by atoms with Gasteiger partial charge in [-0.05, 0) is 5.56 Å². The highest BCUT2D eigenvalue weighted by Gasteiger charge is 2.30. The summed E-state index contributed by atoms with van der Waals surface area (Å²) in [5.74, 6) is -0.644. The van der Waals surface area contributed by atoms with Crippen molar-refractivity contribution in [1.82, 2.24) is 10.1 Å². The maximum Gasteiger partial charge on any atom is 0.410 e. The van der Waals surface area contributed by atoms with Gasteiger partial charge in [-0.3, -0.25) is 0 Å². The van der Waals surface area contributed by atoms with Crippen LogP contribution >= 0.6 is 0 Å². The number of rotatable bonds is 3. The summed E-state index contributed by atoms with van der Waals surface area (Å²) in [6.07, 6.45) is -0.0530. The lowest BCUT2D eigenvalue weighted by Crippen LogP contribution is -2.36. The van der Waals surface area contributed by atoms with Crippen molar-refractivity contribution in [3.05, 3.63) is 52.9 Å². The molecule has 0 saturated heterocycles. The molecule has 0 fully saturated rings. The van der Waals surface area contributed by atoms with E-state index in [1.807, 2.05) is 30.3 Å². The molecule has 22 heavy (non-hydrogen) atoms. The number of carboxylic acid groups (broad SMARTS) is 1. The molecule has 1 aliphatic heterocycles. The smallest absolute Gasteiger partial charge is 0.410 e. The monoisotopic (exact) mass is 302 g/mol. The molecular weight excluding hydrogens is 288 g/mol. The zero-order chi connectivity index (χ0) is 15.5. The highest BCUT2D eigenvalue weighted by atomic mass is 16.6. The quantitative estimate of drug-likeness (QED) is 0.933. The molecule has 1 N–H and O–H groups in total. The van der Waals surface area contributed by atoms with E-state index in [2.05, 4.69) is 5.16 Å². The van der Waals surface area contributed by atoms with Gasteiger partial charge >= 0.3 is 12.1 Å². The molecule has 0 spiro atoms. The lowest BCUT2D eigenvalue weighted by molar-refractivity contribution is 0.0680. The number of ether oxygens (including phenoxy) is 1. The lowest BCUT2D eigenvalue weighted by atomic mass is 10.1. The van der Waals surface area contributed by atoms with Gasteiger partial charge in [0.25, 0.3) is 0 Å². The number of fused-ring (bicyclic) bond motifs is 1. The van der Waals surface area contributed by atoms with Crippen LogP contribution in [0.3, 0.4) is 0 Å². The summed E-state index contributed by atoms with van der Waals surface area (Å²) < 4.78 is 10.2. The van der Waals surface area contributed by atoms with Crippen LogP contribution in [0.2, 0.25) is 0 Å². The van der Waals surface area contributed by atoms with Crippen molar-refractivity contribution < 1.29 is 24.0 Å². The number of aromatic carboxylic acids is 1. The summed E-state index contributed by atoms with van der Waals surface area (Å²) in [5, 5.41) is 12.6. The molecule has 3 rings (SSSR count). The molecule has 1 aromatic heterocycles. The molecule has 0 unspecified atom stereocenters. The predicted octanol–water partition coefficient (Wildman–Crippen LogP) is 2.07. The zero-order valence-electron chi connectivity index (χ0n) is 11.7. The molecule has 0 radical (unpaired) electrons. The van der Waals surface area contributed by atoms with Crippen LogP contribution in [0.25, 0.3) is 0 Å². The Morgan fingerprint density at radius 1 is 1.32 bits per heavy atom. The topological polar surface area (TPSA) is 92.9 Å². The molecule has 0 saturated carbocycles. The third-order valence-corrected chi connectivity index (χ3v) is 3.49. The van der Waals surface area contributed by atoms with Gasteiger partial charge in [0.2, 0.25) is 0 Å². The van der Waals surface area contributed by atoms with Crippen LogP contribution in [0.4, 0.5) is 4.79 Å². The summed E-state index contributed by atoms with van der Waals surface area (Å²) in [6, 6.07) is 9.35. The highest BCUT2D eigenvalue weighted by Crippen LogP contribution is 2.23. The number of carbonyl (C=O) groups excluding carboxylic acids is 1. The minimum absolute atomic E-state index is 0.133. The molecule has 0 bridgehead atoms. The third-order valence-electron chi connectivity index (χ3n) is 3.49. The number of amides is 1. The highest BCUT2D eigenvalue weighted by molar-refractivity contribution is 5.87. The van der Waals surface area contributed by atoms with Crippen molar-refractivity contribution in [2.45, 2.75) is 19.6 Å². The summed E-state index contributed by atoms with van der Waals surface area (Å²) in [5.41, 5.74) is 1.19. The molecular formula is C15H14N2O5. The van der Waals surface area contributed by atoms with E-state index >= 15 is 0 Å². The van der Waals surface area contributed by atoms with Crippen LogP contribution in [0.1, 0.15) is 27.4 Å². The number of hydrogen-bond acceptors (Lipinski definition) is 5. The van der Waals surface area contributed by atoms with E-state index in [1.165, 1.54) is 4.90 Å². The van der Waals surface area contributed by atoms with Crippen LogP contribution in [-0.4, -0.2) is 33.8 Å². The number of nitrogens with zero attached hydrogens (tertiary/aromatic N) is 2. The fourth-order valence-corrected chi connectivity index (χ4v) is 2.34. The van der Waals surface area contributed by atoms with E-state index in [9.17, 15) is 9.59 Å². The second-order valence-corrected chi connectivity index (χ2v) is 4.95. The van der Waals surface area contributed by atoms with Gasteiger partial charge in [0, 0.05) is 18.5 Å². The largest absolute Gasteiger partial charge is 0.476 e. The Hall–Kier alpha value is -2.83. The van der Waals surface area contributed by atoms with Crippen LogP contribution in [-0.2, 0) is 24.3 Å². The van der Waals surface area contributed by atoms with E-state index in [4.69, 9.17) is 14.4 Å². The molecule has 2 heterocycles. The van der Waals surface area contributed by atoms with Crippen LogP contribution in [0, 0.1) is 0 Å². The molecule has 1 amide bonds. The maximum atomic E-state index is 12.1. The van der Waals surface area contributed by atoms with Crippen molar-refractivity contribution in [2.24, 2.45) is 0 Å². The number of carboxylic acids is 1. The molecule has 0 aliphatic carbocycles. The molecule has 1 aromatic carbocycles. The SMILES string of the molecule is O=C(O)c1noc2c1CN(C(=O)OCc1ccccc1)CC2. The second kappa shape index (κ2) is 5.88. The van der Waals surface area contributed by atoms with Gasteiger partial charge in [0.05, 0.1) is 6.54 Å². The van der Waals surface area contributed by atoms with E-state index in [0.717, 1.165) is 5.56 Å². The van der Waals surface area contributed by atoms with Crippen LogP contribution in [0.5, 0.6) is 0 Å². The number of benzene rings is 1. The Morgan fingerprint density at radius 3 is 2.82 bits per heavy atom. The first-order valence-electron chi connectivity index (χ1n) is 6.81. The average molecular weight is 302 g/mol. The summed E-state index contributed by atoms with van der Waals surface area (Å²) >= 11 is 0. The van der Waals surface area contributed by atoms with Gasteiger partial charge < -0.3 is 19.3 Å². The molecule has 0 atom stereocenters. The third kappa shape index (κ3) is 2.78. The minimum atomic E-state index is -1.16. The van der Waals surface area contributed by atoms with Crippen LogP contribution in [0.15, 0.2) is 34.9 Å². The van der Waals surface area contributed by atoms with E-state index in [1.54, 1.807) is 0 Å². The Balaban J connectivity index is 1.65. The van der Waals surface area contributed by atoms with Gasteiger partial charge in [0.15, 0.2) is 5.69 Å². The molecule has 2 aromatic rings. The number of carbonyl (C=O) groups is 2. The summed E-state index contributed by atoms with van der Waals surface area (Å²) in [4.78, 5) is 24.6. The van der Waals surface area contributed by atoms with Gasteiger partial charge in [-0.25, -0.2) is 9.59 Å². The van der Waals surface area contributed by atoms with Crippen molar-refractivity contribution in [1.29, 1.82) is 0 Å². The first-order valence-corrected chi connectivity index (χ1v) is 6.81. The standard InChI is InChI=1S/C15H14N2O5/c18-14(19)13-11-8-17(7-6-12(11)22-16-13)15(20)21-9-10-4-2-1-3-5-10/h1-5H,6-9H2,(H,18,19). The number of aromatic nitrogens is 1. The lowest BCUT2D eigenvalue weighted by Gasteiger charge is -2.25. The molecule has 1 aliphatic rings. The van der Waals surface area contributed by atoms with Crippen molar-refractivity contribution in [3.8, 4) is 0 Å². The van der Waals surface area contributed by atoms with E-state index in [-0.39, 0.29) is 18.8 Å².